The fourth-order valence-corrected chi connectivity index (χ4v) is 2.18. The Balaban J connectivity index is 5.13. The first-order valence-corrected chi connectivity index (χ1v) is 7.31. The second-order valence-electron chi connectivity index (χ2n) is 6.17. The Bertz CT molecular complexity index is 352. The number of alkyl halides is 1. The Morgan fingerprint density at radius 3 is 2.00 bits per heavy atom. The Morgan fingerprint density at radius 2 is 1.63 bits per heavy atom. The van der Waals surface area contributed by atoms with E-state index in [-0.39, 0.29) is 5.92 Å². The molecule has 0 fully saturated rings. The molecule has 0 aromatic heterocycles. The second kappa shape index (κ2) is 7.67. The zero-order chi connectivity index (χ0) is 15.2. The van der Waals surface area contributed by atoms with E-state index in [0.29, 0.717) is 11.8 Å². The third-order valence-corrected chi connectivity index (χ3v) is 4.38. The van der Waals surface area contributed by atoms with Crippen molar-refractivity contribution in [2.45, 2.75) is 61.1 Å². The van der Waals surface area contributed by atoms with Gasteiger partial charge < -0.3 is 0 Å². The minimum absolute atomic E-state index is 0.0384. The molecule has 0 nitrogen and oxygen atoms in total. The molecule has 19 heavy (non-hydrogen) atoms. The molecule has 0 heterocycles. The van der Waals surface area contributed by atoms with Crippen molar-refractivity contribution in [1.29, 1.82) is 0 Å². The zero-order valence-corrected chi connectivity index (χ0v) is 13.9. The van der Waals surface area contributed by atoms with E-state index in [0.717, 1.165) is 0 Å². The lowest BCUT2D eigenvalue weighted by molar-refractivity contribution is 0.0842. The minimum atomic E-state index is -1.13. The maximum absolute atomic E-state index is 14.1. The van der Waals surface area contributed by atoms with Crippen LogP contribution in [0.1, 0.15) is 55.4 Å². The first kappa shape index (κ1) is 18.1. The standard InChI is InChI=1S/C18H31F/c1-9-11-17(13(3)10-2)12-14(4)15(5)16(6)18(7,8)19/h9-12,14-16H,1-8H3/b11-9-,13-10+,17-12+. The van der Waals surface area contributed by atoms with Gasteiger partial charge in [0.2, 0.25) is 0 Å². The van der Waals surface area contributed by atoms with Gasteiger partial charge in [0.1, 0.15) is 5.67 Å². The van der Waals surface area contributed by atoms with E-state index >= 15 is 0 Å². The lowest BCUT2D eigenvalue weighted by Gasteiger charge is -2.32. The van der Waals surface area contributed by atoms with Gasteiger partial charge >= 0.3 is 0 Å². The maximum Gasteiger partial charge on any atom is 0.108 e. The minimum Gasteiger partial charge on any atom is -0.244 e. The monoisotopic (exact) mass is 266 g/mol. The molecule has 0 radical (unpaired) electrons. The number of hydrogen-bond donors (Lipinski definition) is 0. The summed E-state index contributed by atoms with van der Waals surface area (Å²) in [7, 11) is 0. The molecule has 0 aliphatic heterocycles. The van der Waals surface area contributed by atoms with E-state index in [1.807, 2.05) is 20.8 Å². The van der Waals surface area contributed by atoms with E-state index in [4.69, 9.17) is 0 Å². The van der Waals surface area contributed by atoms with Gasteiger partial charge in [0, 0.05) is 0 Å². The third-order valence-electron chi connectivity index (χ3n) is 4.38. The average Bonchev–Trinajstić information content (AvgIpc) is 2.34. The van der Waals surface area contributed by atoms with Crippen molar-refractivity contribution in [3.05, 3.63) is 35.5 Å². The molecular weight excluding hydrogens is 235 g/mol. The van der Waals surface area contributed by atoms with Crippen molar-refractivity contribution >= 4 is 0 Å². The Morgan fingerprint density at radius 1 is 1.11 bits per heavy atom. The third kappa shape index (κ3) is 5.76. The maximum atomic E-state index is 14.1. The lowest BCUT2D eigenvalue weighted by Crippen LogP contribution is -2.31. The highest BCUT2D eigenvalue weighted by molar-refractivity contribution is 5.38. The van der Waals surface area contributed by atoms with E-state index in [1.165, 1.54) is 11.1 Å². The summed E-state index contributed by atoms with van der Waals surface area (Å²) in [4.78, 5) is 0. The molecule has 0 amide bonds. The molecule has 0 aliphatic carbocycles. The van der Waals surface area contributed by atoms with Crippen LogP contribution in [0.5, 0.6) is 0 Å². The molecular formula is C18H31F. The van der Waals surface area contributed by atoms with Crippen molar-refractivity contribution in [1.82, 2.24) is 0 Å². The van der Waals surface area contributed by atoms with Crippen molar-refractivity contribution < 1.29 is 4.39 Å². The first-order chi connectivity index (χ1) is 8.65. The van der Waals surface area contributed by atoms with Crippen LogP contribution in [0.15, 0.2) is 35.5 Å². The van der Waals surface area contributed by atoms with Crippen LogP contribution >= 0.6 is 0 Å². The van der Waals surface area contributed by atoms with Crippen molar-refractivity contribution in [3.8, 4) is 0 Å². The summed E-state index contributed by atoms with van der Waals surface area (Å²) in [5.74, 6) is 0.701. The van der Waals surface area contributed by atoms with Gasteiger partial charge in [0.05, 0.1) is 0 Å². The van der Waals surface area contributed by atoms with E-state index < -0.39 is 5.67 Å². The van der Waals surface area contributed by atoms with Gasteiger partial charge in [-0.1, -0.05) is 45.1 Å². The van der Waals surface area contributed by atoms with Crippen LogP contribution in [-0.2, 0) is 0 Å². The molecule has 3 unspecified atom stereocenters. The number of rotatable bonds is 6. The summed E-state index contributed by atoms with van der Waals surface area (Å²) in [5.41, 5.74) is 1.38. The van der Waals surface area contributed by atoms with Gasteiger partial charge in [0.15, 0.2) is 0 Å². The van der Waals surface area contributed by atoms with E-state index in [1.54, 1.807) is 13.8 Å². The van der Waals surface area contributed by atoms with Crippen LogP contribution in [0.3, 0.4) is 0 Å². The normalized spacial score (nSPS) is 19.6. The summed E-state index contributed by atoms with van der Waals surface area (Å²) in [6.07, 6.45) is 8.57. The number of halogens is 1. The van der Waals surface area contributed by atoms with Crippen molar-refractivity contribution in [2.24, 2.45) is 17.8 Å². The highest BCUT2D eigenvalue weighted by atomic mass is 19.1. The summed E-state index contributed by atoms with van der Waals surface area (Å²) in [6.45, 7) is 15.9. The summed E-state index contributed by atoms with van der Waals surface area (Å²) >= 11 is 0. The van der Waals surface area contributed by atoms with E-state index in [2.05, 4.69) is 45.1 Å². The highest BCUT2D eigenvalue weighted by Gasteiger charge is 2.31. The average molecular weight is 266 g/mol. The lowest BCUT2D eigenvalue weighted by atomic mass is 9.76. The number of hydrogen-bond acceptors (Lipinski definition) is 0. The molecule has 3 atom stereocenters. The SMILES string of the molecule is C\C=C/C(=C\C(C)C(C)C(C)C(C)(C)F)C(/C)=C/C. The molecule has 0 saturated heterocycles. The highest BCUT2D eigenvalue weighted by Crippen LogP contribution is 2.33. The summed E-state index contributed by atoms with van der Waals surface area (Å²) in [6, 6.07) is 0. The first-order valence-electron chi connectivity index (χ1n) is 7.31. The molecule has 0 N–H and O–H groups in total. The predicted octanol–water partition coefficient (Wildman–Crippen LogP) is 6.11. The molecule has 110 valence electrons. The summed E-state index contributed by atoms with van der Waals surface area (Å²) in [5, 5.41) is 0. The second-order valence-corrected chi connectivity index (χ2v) is 6.17. The molecule has 0 aromatic carbocycles. The Kier molecular flexibility index (Phi) is 7.33. The molecule has 0 saturated carbocycles. The largest absolute Gasteiger partial charge is 0.244 e. The van der Waals surface area contributed by atoms with Crippen LogP contribution in [0.4, 0.5) is 4.39 Å². The van der Waals surface area contributed by atoms with Crippen molar-refractivity contribution in [3.63, 3.8) is 0 Å². The van der Waals surface area contributed by atoms with Gasteiger partial charge in [-0.05, 0) is 63.5 Å². The fraction of sp³-hybridized carbons (Fsp3) is 0.667. The van der Waals surface area contributed by atoms with Gasteiger partial charge in [-0.25, -0.2) is 4.39 Å². The predicted molar refractivity (Wildman–Crippen MR) is 85.0 cm³/mol. The van der Waals surface area contributed by atoms with Crippen LogP contribution < -0.4 is 0 Å². The summed E-state index contributed by atoms with van der Waals surface area (Å²) < 4.78 is 14.1. The molecule has 0 aromatic rings. The molecule has 0 spiro atoms. The van der Waals surface area contributed by atoms with Crippen LogP contribution in [0.25, 0.3) is 0 Å². The van der Waals surface area contributed by atoms with Gasteiger partial charge in [-0.15, -0.1) is 0 Å². The van der Waals surface area contributed by atoms with Crippen LogP contribution in [-0.4, -0.2) is 5.67 Å². The van der Waals surface area contributed by atoms with Gasteiger partial charge in [-0.3, -0.25) is 0 Å². The van der Waals surface area contributed by atoms with Gasteiger partial charge in [-0.2, -0.15) is 0 Å². The quantitative estimate of drug-likeness (QED) is 0.509. The Labute approximate surface area is 119 Å². The van der Waals surface area contributed by atoms with Crippen molar-refractivity contribution in [2.75, 3.05) is 0 Å². The molecule has 1 heteroatoms. The zero-order valence-electron chi connectivity index (χ0n) is 13.9. The van der Waals surface area contributed by atoms with Gasteiger partial charge in [0.25, 0.3) is 0 Å². The fourth-order valence-electron chi connectivity index (χ4n) is 2.18. The van der Waals surface area contributed by atoms with Crippen LogP contribution in [0, 0.1) is 17.8 Å². The number of allylic oxidation sites excluding steroid dienone is 6. The van der Waals surface area contributed by atoms with E-state index in [9.17, 15) is 4.39 Å². The Hall–Kier alpha value is -0.850. The molecule has 0 rings (SSSR count). The smallest absolute Gasteiger partial charge is 0.108 e. The topological polar surface area (TPSA) is 0 Å². The van der Waals surface area contributed by atoms with Crippen LogP contribution in [0.2, 0.25) is 0 Å². The molecule has 0 aliphatic rings. The molecule has 0 bridgehead atoms.